The van der Waals surface area contributed by atoms with E-state index in [1.165, 1.54) is 6.26 Å². The molecule has 1 heterocycles. The van der Waals surface area contributed by atoms with E-state index in [0.717, 1.165) is 0 Å². The second kappa shape index (κ2) is 5.68. The molecule has 0 aliphatic carbocycles. The summed E-state index contributed by atoms with van der Waals surface area (Å²) in [7, 11) is -7.17. The molecule has 0 atom stereocenters. The van der Waals surface area contributed by atoms with E-state index in [9.17, 15) is 8.42 Å². The van der Waals surface area contributed by atoms with Gasteiger partial charge in [0, 0.05) is 6.26 Å². The Morgan fingerprint density at radius 2 is 1.20 bits per heavy atom. The Morgan fingerprint density at radius 1 is 0.760 bits per heavy atom. The predicted octanol–water partition coefficient (Wildman–Crippen LogP) is 0.0867. The number of hydrogen-bond acceptors (Lipinski definition) is 2. The Hall–Kier alpha value is -2.18. The Bertz CT molecular complexity index is 1010. The van der Waals surface area contributed by atoms with Crippen molar-refractivity contribution in [2.45, 2.75) is 0 Å². The predicted molar refractivity (Wildman–Crippen MR) is 105 cm³/mol. The Labute approximate surface area is 148 Å². The van der Waals surface area contributed by atoms with Crippen molar-refractivity contribution in [2.75, 3.05) is 6.26 Å². The zero-order chi connectivity index (χ0) is 17.7. The van der Waals surface area contributed by atoms with Crippen LogP contribution in [0.1, 0.15) is 0 Å². The van der Waals surface area contributed by atoms with Crippen LogP contribution in [0.4, 0.5) is 4.11 Å². The highest BCUT2D eigenvalue weighted by Gasteiger charge is 2.52. The van der Waals surface area contributed by atoms with Crippen LogP contribution in [0.3, 0.4) is 0 Å². The van der Waals surface area contributed by atoms with Crippen molar-refractivity contribution in [3.63, 3.8) is 0 Å². The second-order valence-corrected chi connectivity index (χ2v) is 11.5. The van der Waals surface area contributed by atoms with E-state index in [-0.39, 0.29) is 0 Å². The molecule has 3 aromatic rings. The van der Waals surface area contributed by atoms with Gasteiger partial charge in [-0.05, 0) is 15.6 Å². The van der Waals surface area contributed by atoms with Crippen molar-refractivity contribution in [1.29, 1.82) is 0 Å². The maximum Gasteiger partial charge on any atom is 0.355 e. The molecule has 1 aliphatic heterocycles. The van der Waals surface area contributed by atoms with Gasteiger partial charge in [-0.15, -0.1) is 0 Å². The maximum atomic E-state index is 16.8. The van der Waals surface area contributed by atoms with Crippen LogP contribution in [0.25, 0.3) is 0 Å². The molecule has 3 aromatic carbocycles. The van der Waals surface area contributed by atoms with E-state index < -0.39 is 24.1 Å². The summed E-state index contributed by atoms with van der Waals surface area (Å²) in [5.74, 6) is -0.819. The number of hydrogen-bond donors (Lipinski definition) is 0. The molecule has 2 nitrogen and oxygen atoms in total. The Morgan fingerprint density at radius 3 is 1.68 bits per heavy atom. The lowest BCUT2D eigenvalue weighted by molar-refractivity contribution is 0.614. The minimum absolute atomic E-state index is 0.537. The standard InChI is InChI=1S/C19H16BFO2SSi/c1-24(22,23)20-16-11-5-7-13-18(16)25(21,15-9-3-2-4-10-15)19-14-8-6-12-17(19)20/h2-14H,1H3. The monoisotopic (exact) mass is 366 g/mol. The third-order valence-electron chi connectivity index (χ3n) is 4.83. The molecule has 4 rings (SSSR count). The molecular weight excluding hydrogens is 350 g/mol. The number of benzene rings is 3. The van der Waals surface area contributed by atoms with Gasteiger partial charge in [0.1, 0.15) is 9.69 Å². The van der Waals surface area contributed by atoms with Crippen molar-refractivity contribution in [2.24, 2.45) is 0 Å². The molecule has 0 fully saturated rings. The maximum absolute atomic E-state index is 16.8. The Balaban J connectivity index is 2.14. The summed E-state index contributed by atoms with van der Waals surface area (Å²) in [6.45, 7) is 0. The fourth-order valence-electron chi connectivity index (χ4n) is 3.83. The van der Waals surface area contributed by atoms with Gasteiger partial charge in [0.15, 0.2) is 0 Å². The molecular formula is C19H16BFO2SSi. The molecule has 6 heteroatoms. The van der Waals surface area contributed by atoms with Crippen molar-refractivity contribution < 1.29 is 12.5 Å². The second-order valence-electron chi connectivity index (χ2n) is 6.41. The van der Waals surface area contributed by atoms with Gasteiger partial charge in [0.25, 0.3) is 0 Å². The summed E-state index contributed by atoms with van der Waals surface area (Å²) in [5, 5.41) is 1.72. The average molecular weight is 366 g/mol. The van der Waals surface area contributed by atoms with E-state index in [1.807, 2.05) is 18.2 Å². The SMILES string of the molecule is CS(=O)(=O)B1c2ccccc2[Si](F)(c2ccccc2)c2ccccc21. The third kappa shape index (κ3) is 2.40. The van der Waals surface area contributed by atoms with Crippen molar-refractivity contribution in [1.82, 2.24) is 0 Å². The number of rotatable bonds is 2. The van der Waals surface area contributed by atoms with Gasteiger partial charge in [-0.3, -0.25) is 4.11 Å². The summed E-state index contributed by atoms with van der Waals surface area (Å²) in [6.07, 6.45) is 1.22. The van der Waals surface area contributed by atoms with Crippen LogP contribution in [-0.4, -0.2) is 29.1 Å². The minimum Gasteiger partial charge on any atom is -0.296 e. The summed E-state index contributed by atoms with van der Waals surface area (Å²) in [6, 6.07) is 23.3. The molecule has 0 spiro atoms. The van der Waals surface area contributed by atoms with Gasteiger partial charge in [0.05, 0.1) is 0 Å². The Kier molecular flexibility index (Phi) is 3.70. The summed E-state index contributed by atoms with van der Waals surface area (Å²) in [4.78, 5) is 0. The summed E-state index contributed by atoms with van der Waals surface area (Å²) in [5.41, 5.74) is 1.14. The van der Waals surface area contributed by atoms with Gasteiger partial charge in [0.2, 0.25) is 0 Å². The van der Waals surface area contributed by atoms with Gasteiger partial charge in [-0.25, -0.2) is 8.42 Å². The van der Waals surface area contributed by atoms with E-state index >= 15 is 4.11 Å². The molecule has 0 amide bonds. The highest BCUT2D eigenvalue weighted by atomic mass is 32.2. The highest BCUT2D eigenvalue weighted by molar-refractivity contribution is 8.20. The first-order chi connectivity index (χ1) is 11.9. The van der Waals surface area contributed by atoms with E-state index in [1.54, 1.807) is 60.7 Å². The van der Waals surface area contributed by atoms with E-state index in [4.69, 9.17) is 0 Å². The fourth-order valence-corrected chi connectivity index (χ4v) is 8.84. The highest BCUT2D eigenvalue weighted by Crippen LogP contribution is 2.13. The van der Waals surface area contributed by atoms with Gasteiger partial charge in [-0.2, -0.15) is 0 Å². The van der Waals surface area contributed by atoms with Gasteiger partial charge in [-0.1, -0.05) is 89.8 Å². The largest absolute Gasteiger partial charge is 0.355 e. The first kappa shape index (κ1) is 16.3. The summed E-state index contributed by atoms with van der Waals surface area (Å²) >= 11 is 0. The van der Waals surface area contributed by atoms with Crippen LogP contribution >= 0.6 is 0 Å². The van der Waals surface area contributed by atoms with Crippen LogP contribution in [-0.2, 0) is 9.69 Å². The summed E-state index contributed by atoms with van der Waals surface area (Å²) < 4.78 is 41.9. The molecule has 124 valence electrons. The molecule has 1 aliphatic rings. The zero-order valence-corrected chi connectivity index (χ0v) is 15.5. The first-order valence-electron chi connectivity index (χ1n) is 8.06. The molecule has 0 aromatic heterocycles. The van der Waals surface area contributed by atoms with Crippen LogP contribution in [0.5, 0.6) is 0 Å². The number of fused-ring (bicyclic) bond motifs is 2. The topological polar surface area (TPSA) is 34.1 Å². The first-order valence-corrected chi connectivity index (χ1v) is 11.9. The lowest BCUT2D eigenvalue weighted by Crippen LogP contribution is -2.79. The molecule has 0 bridgehead atoms. The molecule has 0 saturated heterocycles. The average Bonchev–Trinajstić information content (AvgIpc) is 2.62. The quantitative estimate of drug-likeness (QED) is 0.476. The van der Waals surface area contributed by atoms with Gasteiger partial charge < -0.3 is 0 Å². The fraction of sp³-hybridized carbons (Fsp3) is 0.0526. The normalized spacial score (nSPS) is 15.4. The minimum atomic E-state index is -3.74. The van der Waals surface area contributed by atoms with Crippen molar-refractivity contribution in [3.8, 4) is 0 Å². The van der Waals surface area contributed by atoms with Crippen LogP contribution < -0.4 is 26.5 Å². The zero-order valence-electron chi connectivity index (χ0n) is 13.7. The lowest BCUT2D eigenvalue weighted by Gasteiger charge is -2.35. The third-order valence-corrected chi connectivity index (χ3v) is 9.72. The molecule has 0 N–H and O–H groups in total. The van der Waals surface area contributed by atoms with Crippen LogP contribution in [0, 0.1) is 0 Å². The van der Waals surface area contributed by atoms with E-state index in [0.29, 0.717) is 26.5 Å². The van der Waals surface area contributed by atoms with Gasteiger partial charge >= 0.3 is 14.4 Å². The smallest absolute Gasteiger partial charge is 0.296 e. The molecule has 0 radical (unpaired) electrons. The van der Waals surface area contributed by atoms with Crippen molar-refractivity contribution >= 4 is 50.6 Å². The van der Waals surface area contributed by atoms with E-state index in [2.05, 4.69) is 0 Å². The van der Waals surface area contributed by atoms with Crippen LogP contribution in [0.2, 0.25) is 0 Å². The molecule has 0 unspecified atom stereocenters. The lowest BCUT2D eigenvalue weighted by atomic mass is 9.61. The molecule has 0 saturated carbocycles. The number of halogens is 1. The van der Waals surface area contributed by atoms with Crippen LogP contribution in [0.15, 0.2) is 78.9 Å². The van der Waals surface area contributed by atoms with Crippen molar-refractivity contribution in [3.05, 3.63) is 78.9 Å². The molecule has 25 heavy (non-hydrogen) atoms.